The van der Waals surface area contributed by atoms with Crippen molar-refractivity contribution in [3.63, 3.8) is 0 Å². The predicted octanol–water partition coefficient (Wildman–Crippen LogP) is 10.0. The molecule has 0 aliphatic heterocycles. The third kappa shape index (κ3) is 5.68. The van der Waals surface area contributed by atoms with Crippen molar-refractivity contribution >= 4 is 11.1 Å². The van der Waals surface area contributed by atoms with Crippen LogP contribution in [0.2, 0.25) is 0 Å². The van der Waals surface area contributed by atoms with E-state index in [2.05, 4.69) is 0 Å². The maximum Gasteiger partial charge on any atom is 0.201 e. The predicted molar refractivity (Wildman–Crippen MR) is 151 cm³/mol. The second-order valence-electron chi connectivity index (χ2n) is 10.6. The van der Waals surface area contributed by atoms with E-state index in [1.54, 1.807) is 38.1 Å². The molecule has 0 amide bonds. The summed E-state index contributed by atoms with van der Waals surface area (Å²) in [6.07, 6.45) is 5.92. The van der Waals surface area contributed by atoms with Gasteiger partial charge in [-0.15, -0.1) is 0 Å². The number of ether oxygens (including phenoxy) is 2. The van der Waals surface area contributed by atoms with Crippen molar-refractivity contribution in [2.75, 3.05) is 13.2 Å². The summed E-state index contributed by atoms with van der Waals surface area (Å²) in [4.78, 5) is 0. The minimum Gasteiger partial charge on any atom is -0.491 e. The van der Waals surface area contributed by atoms with E-state index in [4.69, 9.17) is 9.47 Å². The molecule has 2 atom stereocenters. The summed E-state index contributed by atoms with van der Waals surface area (Å²) in [5, 5.41) is 0. The van der Waals surface area contributed by atoms with E-state index in [1.165, 1.54) is 24.3 Å². The van der Waals surface area contributed by atoms with Crippen molar-refractivity contribution in [2.45, 2.75) is 64.2 Å². The van der Waals surface area contributed by atoms with Gasteiger partial charge in [-0.1, -0.05) is 24.3 Å². The first kappa shape index (κ1) is 29.8. The van der Waals surface area contributed by atoms with Crippen molar-refractivity contribution in [2.24, 2.45) is 0 Å². The molecule has 0 saturated heterocycles. The van der Waals surface area contributed by atoms with Crippen LogP contribution in [0.25, 0.3) is 11.1 Å². The first-order valence-corrected chi connectivity index (χ1v) is 14.3. The van der Waals surface area contributed by atoms with Gasteiger partial charge in [0.2, 0.25) is 11.6 Å². The van der Waals surface area contributed by atoms with E-state index >= 15 is 8.78 Å². The Hall–Kier alpha value is -3.68. The van der Waals surface area contributed by atoms with Crippen LogP contribution >= 0.6 is 0 Å². The van der Waals surface area contributed by atoms with Gasteiger partial charge in [0.1, 0.15) is 0 Å². The highest BCUT2D eigenvalue weighted by molar-refractivity contribution is 5.69. The lowest BCUT2D eigenvalue weighted by atomic mass is 9.79. The molecular weight excluding hydrogens is 554 g/mol. The van der Waals surface area contributed by atoms with Crippen LogP contribution in [0.5, 0.6) is 11.5 Å². The standard InChI is InChI=1S/C34H32F6O2/c1-3-41-27-17-15-25(31(37)33(27)39)21-9-5-19(6-10-21)23-13-14-24(30(36)29(23)35)20-7-11-22(12-8-20)26-16-18-28(42-4-2)34(40)32(26)38/h9,11,13-20H,3-8,10,12H2,1-2H3. The number of benzene rings is 3. The molecule has 3 aromatic carbocycles. The van der Waals surface area contributed by atoms with Crippen LogP contribution in [-0.2, 0) is 0 Å². The molecule has 2 nitrogen and oxygen atoms in total. The molecule has 42 heavy (non-hydrogen) atoms. The third-order valence-electron chi connectivity index (χ3n) is 8.23. The zero-order chi connectivity index (χ0) is 30.0. The Kier molecular flexibility index (Phi) is 8.99. The number of allylic oxidation sites excluding steroid dienone is 4. The average molecular weight is 587 g/mol. The summed E-state index contributed by atoms with van der Waals surface area (Å²) in [5.41, 5.74) is 2.05. The molecule has 0 aromatic heterocycles. The van der Waals surface area contributed by atoms with Crippen LogP contribution in [0.15, 0.2) is 48.6 Å². The molecule has 0 spiro atoms. The second-order valence-corrected chi connectivity index (χ2v) is 10.6. The van der Waals surface area contributed by atoms with Gasteiger partial charge in [0.25, 0.3) is 0 Å². The maximum absolute atomic E-state index is 15.4. The van der Waals surface area contributed by atoms with Gasteiger partial charge in [0, 0.05) is 11.1 Å². The van der Waals surface area contributed by atoms with E-state index in [1.807, 2.05) is 0 Å². The minimum absolute atomic E-state index is 0.146. The van der Waals surface area contributed by atoms with Gasteiger partial charge in [-0.05, 0) is 111 Å². The number of halogens is 6. The molecule has 2 aliphatic rings. The lowest BCUT2D eigenvalue weighted by Crippen LogP contribution is -2.12. The largest absolute Gasteiger partial charge is 0.491 e. The Bertz CT molecular complexity index is 1430. The highest BCUT2D eigenvalue weighted by Crippen LogP contribution is 2.42. The Morgan fingerprint density at radius 3 is 1.29 bits per heavy atom. The fourth-order valence-corrected chi connectivity index (χ4v) is 6.03. The summed E-state index contributed by atoms with van der Waals surface area (Å²) in [6, 6.07) is 8.97. The summed E-state index contributed by atoms with van der Waals surface area (Å²) in [7, 11) is 0. The van der Waals surface area contributed by atoms with Crippen LogP contribution < -0.4 is 9.47 Å². The molecule has 222 valence electrons. The van der Waals surface area contributed by atoms with Crippen molar-refractivity contribution in [3.05, 3.63) is 106 Å². The summed E-state index contributed by atoms with van der Waals surface area (Å²) >= 11 is 0. The van der Waals surface area contributed by atoms with Gasteiger partial charge in [0.05, 0.1) is 13.2 Å². The zero-order valence-corrected chi connectivity index (χ0v) is 23.5. The molecule has 3 aromatic rings. The van der Waals surface area contributed by atoms with Gasteiger partial charge in [-0.3, -0.25) is 0 Å². The quantitative estimate of drug-likeness (QED) is 0.245. The van der Waals surface area contributed by atoms with E-state index in [9.17, 15) is 17.6 Å². The highest BCUT2D eigenvalue weighted by atomic mass is 19.2. The summed E-state index contributed by atoms with van der Waals surface area (Å²) in [6.45, 7) is 3.79. The summed E-state index contributed by atoms with van der Waals surface area (Å²) < 4.78 is 99.0. The Morgan fingerprint density at radius 2 is 0.952 bits per heavy atom. The molecule has 5 rings (SSSR count). The van der Waals surface area contributed by atoms with Crippen molar-refractivity contribution in [1.29, 1.82) is 0 Å². The Labute approximate surface area is 241 Å². The molecule has 0 saturated carbocycles. The highest BCUT2D eigenvalue weighted by Gasteiger charge is 2.28. The van der Waals surface area contributed by atoms with Crippen LogP contribution in [-0.4, -0.2) is 13.2 Å². The molecule has 0 fully saturated rings. The molecular formula is C34H32F6O2. The van der Waals surface area contributed by atoms with Crippen molar-refractivity contribution in [3.8, 4) is 11.5 Å². The molecule has 0 heterocycles. The van der Waals surface area contributed by atoms with Crippen LogP contribution in [0.1, 0.15) is 86.5 Å². The van der Waals surface area contributed by atoms with Crippen LogP contribution in [0.4, 0.5) is 26.3 Å². The van der Waals surface area contributed by atoms with Crippen molar-refractivity contribution in [1.82, 2.24) is 0 Å². The van der Waals surface area contributed by atoms with Crippen LogP contribution in [0, 0.1) is 34.9 Å². The van der Waals surface area contributed by atoms with Crippen LogP contribution in [0.3, 0.4) is 0 Å². The van der Waals surface area contributed by atoms with Gasteiger partial charge in [-0.25, -0.2) is 17.6 Å². The third-order valence-corrected chi connectivity index (χ3v) is 8.23. The smallest absolute Gasteiger partial charge is 0.201 e. The Morgan fingerprint density at radius 1 is 0.548 bits per heavy atom. The maximum atomic E-state index is 15.4. The number of rotatable bonds is 8. The fraction of sp³-hybridized carbons (Fsp3) is 0.353. The number of hydrogen-bond donors (Lipinski definition) is 0. The molecule has 0 radical (unpaired) electrons. The van der Waals surface area contributed by atoms with E-state index in [-0.39, 0.29) is 58.8 Å². The number of hydrogen-bond acceptors (Lipinski definition) is 2. The zero-order valence-electron chi connectivity index (χ0n) is 23.5. The minimum atomic E-state index is -1.04. The normalized spacial score (nSPS) is 18.9. The lowest BCUT2D eigenvalue weighted by molar-refractivity contribution is 0.313. The molecule has 0 N–H and O–H groups in total. The first-order valence-electron chi connectivity index (χ1n) is 14.3. The topological polar surface area (TPSA) is 18.5 Å². The SMILES string of the molecule is CCOc1ccc(C2=CCC(c3ccc(C4CC=C(c5ccc(OCC)c(F)c5F)CC4)c(F)c3F)CC2)c(F)c1F. The fourth-order valence-electron chi connectivity index (χ4n) is 6.03. The average Bonchev–Trinajstić information content (AvgIpc) is 3.00. The molecule has 8 heteroatoms. The van der Waals surface area contributed by atoms with Gasteiger partial charge < -0.3 is 9.47 Å². The Balaban J connectivity index is 1.30. The first-order chi connectivity index (χ1) is 20.2. The monoisotopic (exact) mass is 586 g/mol. The molecule has 0 bridgehead atoms. The van der Waals surface area contributed by atoms with Gasteiger partial charge >= 0.3 is 0 Å². The summed E-state index contributed by atoms with van der Waals surface area (Å²) in [5.74, 6) is -6.74. The lowest BCUT2D eigenvalue weighted by Gasteiger charge is -2.26. The molecule has 2 unspecified atom stereocenters. The van der Waals surface area contributed by atoms with E-state index in [0.29, 0.717) is 49.7 Å². The van der Waals surface area contributed by atoms with Gasteiger partial charge in [-0.2, -0.15) is 8.78 Å². The second kappa shape index (κ2) is 12.7. The van der Waals surface area contributed by atoms with E-state index < -0.39 is 34.9 Å². The molecule has 2 aliphatic carbocycles. The van der Waals surface area contributed by atoms with E-state index in [0.717, 1.165) is 0 Å². The van der Waals surface area contributed by atoms with Gasteiger partial charge in [0.15, 0.2) is 34.8 Å². The van der Waals surface area contributed by atoms with Crippen molar-refractivity contribution < 1.29 is 35.8 Å².